The smallest absolute Gasteiger partial charge is 0.387 e. The molecule has 0 spiro atoms. The Balaban J connectivity index is 1.22. The number of aliphatic hydroxyl groups is 2. The zero-order valence-corrected chi connectivity index (χ0v) is 25.2. The number of anilines is 2. The molecule has 23 nitrogen and oxygen atoms in total. The largest absolute Gasteiger partial charge is 0.472 e. The van der Waals surface area contributed by atoms with E-state index in [4.69, 9.17) is 39.0 Å². The van der Waals surface area contributed by atoms with Gasteiger partial charge in [-0.25, -0.2) is 34.2 Å². The van der Waals surface area contributed by atoms with Gasteiger partial charge in [-0.1, -0.05) is 0 Å². The Morgan fingerprint density at radius 3 is 2.37 bits per heavy atom. The summed E-state index contributed by atoms with van der Waals surface area (Å²) in [6.45, 7) is -1.39. The second-order valence-electron chi connectivity index (χ2n) is 10.4. The Labute approximate surface area is 256 Å². The summed E-state index contributed by atoms with van der Waals surface area (Å²) >= 11 is 0. The van der Waals surface area contributed by atoms with Gasteiger partial charge in [0.1, 0.15) is 48.5 Å². The molecule has 4 aromatic rings. The molecule has 4 aromatic heterocycles. The van der Waals surface area contributed by atoms with E-state index in [0.717, 1.165) is 6.33 Å². The summed E-state index contributed by atoms with van der Waals surface area (Å²) in [7, 11) is -8.14. The highest BCUT2D eigenvalue weighted by atomic mass is 31.2. The standard InChI is InChI=1S/C21H27N11O12P2/c1-24-45(36)39-3-8-13(12(34)19(42-8)31-5-27-9-15(22)25-4-26-16(9)31)44-46(37,38)40-2-7-11(33)14(43-45)20(41-7)32-6-28-10-17(32)29-21(23)30-18(10)35/h4-8,11-14,19-20,33-34H,2-3H2,1H3,(H,24,36)(H,37,38)(H2,22,25,26)(H3,23,29,30,35). The number of hydrogen-bond acceptors (Lipinski definition) is 18. The fourth-order valence-corrected chi connectivity index (χ4v) is 7.58. The van der Waals surface area contributed by atoms with E-state index < -0.39 is 83.4 Å². The number of rotatable bonds is 3. The average Bonchev–Trinajstić information content (AvgIpc) is 3.77. The highest BCUT2D eigenvalue weighted by molar-refractivity contribution is 7.51. The first kappa shape index (κ1) is 31.2. The number of nitrogens with zero attached hydrogens (tertiary/aromatic N) is 7. The van der Waals surface area contributed by atoms with Crippen molar-refractivity contribution in [3.8, 4) is 0 Å². The van der Waals surface area contributed by atoms with Crippen molar-refractivity contribution in [3.63, 3.8) is 0 Å². The molecule has 0 radical (unpaired) electrons. The topological polar surface area (TPSA) is 321 Å². The SMILES string of the molecule is CNP1(=O)OCC2OC(n3cnc4c(N)ncnc43)C(O)C2OP(=O)(O)OCC2OC(n3cnc4c(=O)[nH]c(N)nc43)C(O1)C2O. The summed E-state index contributed by atoms with van der Waals surface area (Å²) in [5.41, 5.74) is 11.1. The third-order valence-corrected chi connectivity index (χ3v) is 10.2. The Bertz CT molecular complexity index is 1950. The van der Waals surface area contributed by atoms with Crippen molar-refractivity contribution >= 4 is 49.7 Å². The Morgan fingerprint density at radius 2 is 1.61 bits per heavy atom. The van der Waals surface area contributed by atoms with Crippen LogP contribution in [0.3, 0.4) is 0 Å². The summed E-state index contributed by atoms with van der Waals surface area (Å²) < 4.78 is 63.4. The average molecular weight is 687 g/mol. The van der Waals surface area contributed by atoms with Crippen molar-refractivity contribution in [3.05, 3.63) is 29.3 Å². The maximum Gasteiger partial charge on any atom is 0.472 e. The monoisotopic (exact) mass is 687 g/mol. The van der Waals surface area contributed by atoms with Crippen molar-refractivity contribution < 1.29 is 51.8 Å². The molecule has 0 amide bonds. The van der Waals surface area contributed by atoms with Gasteiger partial charge in [0.25, 0.3) is 5.56 Å². The number of nitrogens with one attached hydrogen (secondary N) is 2. The van der Waals surface area contributed by atoms with Gasteiger partial charge in [-0.15, -0.1) is 0 Å². The van der Waals surface area contributed by atoms with Crippen molar-refractivity contribution in [1.29, 1.82) is 0 Å². The maximum atomic E-state index is 13.9. The Morgan fingerprint density at radius 1 is 0.913 bits per heavy atom. The predicted octanol–water partition coefficient (Wildman–Crippen LogP) is -2.11. The number of H-pyrrole nitrogens is 1. The van der Waals surface area contributed by atoms with Crippen LogP contribution in [0, 0.1) is 0 Å². The highest BCUT2D eigenvalue weighted by Gasteiger charge is 2.54. The van der Waals surface area contributed by atoms with Gasteiger partial charge in [-0.2, -0.15) is 4.98 Å². The molecule has 3 aliphatic heterocycles. The number of aromatic nitrogens is 8. The van der Waals surface area contributed by atoms with Crippen LogP contribution >= 0.6 is 15.6 Å². The first-order chi connectivity index (χ1) is 21.9. The number of nitrogens with two attached hydrogens (primary N) is 2. The van der Waals surface area contributed by atoms with Gasteiger partial charge in [0.05, 0.1) is 25.9 Å². The second kappa shape index (κ2) is 11.4. The zero-order chi connectivity index (χ0) is 32.5. The van der Waals surface area contributed by atoms with Crippen LogP contribution in [0.1, 0.15) is 12.5 Å². The van der Waals surface area contributed by atoms with Gasteiger partial charge in [0, 0.05) is 0 Å². The zero-order valence-electron chi connectivity index (χ0n) is 23.5. The summed E-state index contributed by atoms with van der Waals surface area (Å²) in [6, 6.07) is 0. The molecule has 0 aromatic carbocycles. The number of nitrogen functional groups attached to an aromatic ring is 2. The van der Waals surface area contributed by atoms with Crippen molar-refractivity contribution in [2.75, 3.05) is 31.7 Å². The molecule has 25 heteroatoms. The van der Waals surface area contributed by atoms with E-state index in [9.17, 15) is 29.0 Å². The molecule has 9 N–H and O–H groups in total. The lowest BCUT2D eigenvalue weighted by Crippen LogP contribution is -2.37. The van der Waals surface area contributed by atoms with Gasteiger partial charge >= 0.3 is 15.6 Å². The summed E-state index contributed by atoms with van der Waals surface area (Å²) in [5.74, 6) is -0.183. The molecule has 10 atom stereocenters. The first-order valence-corrected chi connectivity index (χ1v) is 16.5. The normalized spacial score (nSPS) is 37.1. The predicted molar refractivity (Wildman–Crippen MR) is 150 cm³/mol. The number of phosphoric acid groups is 1. The van der Waals surface area contributed by atoms with Gasteiger partial charge < -0.3 is 36.0 Å². The minimum atomic E-state index is -5.02. The minimum absolute atomic E-state index is 0.0609. The number of imidazole rings is 2. The number of aliphatic hydroxyl groups excluding tert-OH is 2. The van der Waals surface area contributed by atoms with Crippen LogP contribution in [0.2, 0.25) is 0 Å². The van der Waals surface area contributed by atoms with Gasteiger partial charge in [-0.05, 0) is 7.05 Å². The molecule has 7 heterocycles. The Kier molecular flexibility index (Phi) is 7.70. The lowest BCUT2D eigenvalue weighted by Gasteiger charge is -2.27. The highest BCUT2D eigenvalue weighted by Crippen LogP contribution is 2.53. The maximum absolute atomic E-state index is 13.9. The van der Waals surface area contributed by atoms with Crippen LogP contribution < -0.4 is 22.1 Å². The molecular formula is C21H27N11O12P2. The minimum Gasteiger partial charge on any atom is -0.387 e. The Hall–Kier alpha value is -3.44. The quantitative estimate of drug-likeness (QED) is 0.113. The molecule has 7 rings (SSSR count). The van der Waals surface area contributed by atoms with Crippen LogP contribution in [-0.2, 0) is 36.7 Å². The molecule has 46 heavy (non-hydrogen) atoms. The number of phosphoric ester groups is 1. The van der Waals surface area contributed by atoms with Crippen molar-refractivity contribution in [2.24, 2.45) is 0 Å². The van der Waals surface area contributed by atoms with Gasteiger partial charge in [-0.3, -0.25) is 37.0 Å². The van der Waals surface area contributed by atoms with Crippen LogP contribution in [0.5, 0.6) is 0 Å². The summed E-state index contributed by atoms with van der Waals surface area (Å²) in [6.07, 6.45) is -8.22. The molecular weight excluding hydrogens is 660 g/mol. The van der Waals surface area contributed by atoms with E-state index in [1.54, 1.807) is 0 Å². The van der Waals surface area contributed by atoms with E-state index in [0.29, 0.717) is 0 Å². The second-order valence-corrected chi connectivity index (χ2v) is 13.7. The van der Waals surface area contributed by atoms with Crippen molar-refractivity contribution in [1.82, 2.24) is 44.1 Å². The molecule has 10 unspecified atom stereocenters. The summed E-state index contributed by atoms with van der Waals surface area (Å²) in [5, 5.41) is 24.8. The number of ether oxygens (including phenoxy) is 2. The number of hydrogen-bond donors (Lipinski definition) is 7. The van der Waals surface area contributed by atoms with E-state index >= 15 is 0 Å². The van der Waals surface area contributed by atoms with Crippen LogP contribution in [0.25, 0.3) is 22.3 Å². The van der Waals surface area contributed by atoms with E-state index in [1.807, 2.05) is 0 Å². The third-order valence-electron chi connectivity index (χ3n) is 7.61. The fraction of sp³-hybridized carbons (Fsp3) is 0.524. The molecule has 3 fully saturated rings. The lowest BCUT2D eigenvalue weighted by atomic mass is 10.1. The molecule has 2 bridgehead atoms. The van der Waals surface area contributed by atoms with Crippen LogP contribution in [0.15, 0.2) is 23.8 Å². The van der Waals surface area contributed by atoms with Crippen LogP contribution in [-0.4, -0.2) is 111 Å². The van der Waals surface area contributed by atoms with Crippen LogP contribution in [0.4, 0.5) is 11.8 Å². The first-order valence-electron chi connectivity index (χ1n) is 13.5. The van der Waals surface area contributed by atoms with E-state index in [2.05, 4.69) is 35.0 Å². The van der Waals surface area contributed by atoms with E-state index in [-0.39, 0.29) is 34.1 Å². The molecule has 3 aliphatic rings. The fourth-order valence-electron chi connectivity index (χ4n) is 5.42. The molecule has 0 aliphatic carbocycles. The number of aromatic amines is 1. The van der Waals surface area contributed by atoms with Crippen molar-refractivity contribution in [2.45, 2.75) is 49.1 Å². The van der Waals surface area contributed by atoms with Gasteiger partial charge in [0.2, 0.25) is 5.95 Å². The molecule has 3 saturated heterocycles. The lowest BCUT2D eigenvalue weighted by molar-refractivity contribution is -0.0636. The third kappa shape index (κ3) is 5.29. The number of fused-ring (bicyclic) bond motifs is 5. The van der Waals surface area contributed by atoms with E-state index in [1.165, 1.54) is 28.8 Å². The molecule has 0 saturated carbocycles. The molecule has 248 valence electrons. The summed E-state index contributed by atoms with van der Waals surface area (Å²) in [4.78, 5) is 45.5. The van der Waals surface area contributed by atoms with Gasteiger partial charge in [0.15, 0.2) is 35.1 Å².